The minimum absolute atomic E-state index is 0.213. The van der Waals surface area contributed by atoms with Gasteiger partial charge in [-0.1, -0.05) is 0 Å². The van der Waals surface area contributed by atoms with E-state index >= 15 is 0 Å². The van der Waals surface area contributed by atoms with Crippen molar-refractivity contribution in [1.29, 1.82) is 0 Å². The van der Waals surface area contributed by atoms with Gasteiger partial charge in [0.2, 0.25) is 0 Å². The van der Waals surface area contributed by atoms with Gasteiger partial charge in [0, 0.05) is 11.9 Å². The summed E-state index contributed by atoms with van der Waals surface area (Å²) >= 11 is 1.31. The lowest BCUT2D eigenvalue weighted by Gasteiger charge is -2.03. The van der Waals surface area contributed by atoms with Crippen molar-refractivity contribution in [2.75, 3.05) is 0 Å². The number of rotatable bonds is 3. The summed E-state index contributed by atoms with van der Waals surface area (Å²) in [6.45, 7) is 3.56. The fourth-order valence-electron chi connectivity index (χ4n) is 1.39. The maximum absolute atomic E-state index is 10.9. The molecule has 0 unspecified atom stereocenters. The molecule has 2 heterocycles. The predicted octanol–water partition coefficient (Wildman–Crippen LogP) is 2.34. The second kappa shape index (κ2) is 5.14. The molecule has 5 nitrogen and oxygen atoms in total. The number of hydrogen-bond donors (Lipinski definition) is 1. The van der Waals surface area contributed by atoms with Crippen molar-refractivity contribution in [1.82, 2.24) is 15.0 Å². The zero-order valence-corrected chi connectivity index (χ0v) is 10.7. The molecule has 18 heavy (non-hydrogen) atoms. The average Bonchev–Trinajstić information content (AvgIpc) is 2.28. The molecule has 92 valence electrons. The van der Waals surface area contributed by atoms with Crippen LogP contribution in [0.3, 0.4) is 0 Å². The largest absolute Gasteiger partial charge is 0.478 e. The summed E-state index contributed by atoms with van der Waals surface area (Å²) in [5.41, 5.74) is 1.58. The highest BCUT2D eigenvalue weighted by Gasteiger charge is 2.10. The van der Waals surface area contributed by atoms with Crippen LogP contribution in [0.5, 0.6) is 0 Å². The molecule has 0 fully saturated rings. The van der Waals surface area contributed by atoms with E-state index in [2.05, 4.69) is 15.0 Å². The Labute approximate surface area is 108 Å². The van der Waals surface area contributed by atoms with Crippen LogP contribution in [-0.4, -0.2) is 26.0 Å². The Hall–Kier alpha value is -1.95. The molecule has 0 saturated carbocycles. The molecule has 2 aromatic heterocycles. The molecule has 0 aliphatic heterocycles. The summed E-state index contributed by atoms with van der Waals surface area (Å²) in [5.74, 6) is -0.969. The lowest BCUT2D eigenvalue weighted by Crippen LogP contribution is -2.02. The van der Waals surface area contributed by atoms with E-state index in [1.54, 1.807) is 25.3 Å². The van der Waals surface area contributed by atoms with Crippen molar-refractivity contribution < 1.29 is 9.90 Å². The third-order valence-corrected chi connectivity index (χ3v) is 3.08. The van der Waals surface area contributed by atoms with Crippen LogP contribution >= 0.6 is 11.8 Å². The number of hydrogen-bond acceptors (Lipinski definition) is 5. The van der Waals surface area contributed by atoms with Crippen LogP contribution in [0, 0.1) is 13.8 Å². The standard InChI is InChI=1S/C12H11N3O2S/c1-7-5-6-13-12(14-7)18-10-4-3-9(11(16)17)8(2)15-10/h3-6H,1-2H3,(H,16,17). The van der Waals surface area contributed by atoms with E-state index in [1.807, 2.05) is 13.0 Å². The highest BCUT2D eigenvalue weighted by molar-refractivity contribution is 7.99. The Kier molecular flexibility index (Phi) is 3.57. The number of aryl methyl sites for hydroxylation is 2. The van der Waals surface area contributed by atoms with Gasteiger partial charge in [0.1, 0.15) is 5.03 Å². The topological polar surface area (TPSA) is 76.0 Å². The quantitative estimate of drug-likeness (QED) is 0.855. The SMILES string of the molecule is Cc1ccnc(Sc2ccc(C(=O)O)c(C)n2)n1. The fraction of sp³-hybridized carbons (Fsp3) is 0.167. The Morgan fingerprint density at radius 3 is 2.61 bits per heavy atom. The van der Waals surface area contributed by atoms with Crippen LogP contribution in [0.2, 0.25) is 0 Å². The molecule has 0 aliphatic rings. The van der Waals surface area contributed by atoms with E-state index in [1.165, 1.54) is 11.8 Å². The molecule has 0 aromatic carbocycles. The maximum Gasteiger partial charge on any atom is 0.337 e. The molecule has 6 heteroatoms. The first-order valence-corrected chi connectivity index (χ1v) is 6.06. The van der Waals surface area contributed by atoms with Crippen molar-refractivity contribution in [3.8, 4) is 0 Å². The highest BCUT2D eigenvalue weighted by atomic mass is 32.2. The van der Waals surface area contributed by atoms with Crippen molar-refractivity contribution in [2.24, 2.45) is 0 Å². The normalized spacial score (nSPS) is 10.3. The van der Waals surface area contributed by atoms with Gasteiger partial charge in [0.15, 0.2) is 5.16 Å². The lowest BCUT2D eigenvalue weighted by molar-refractivity contribution is 0.0695. The number of pyridine rings is 1. The Morgan fingerprint density at radius 1 is 1.22 bits per heavy atom. The molecular formula is C12H11N3O2S. The van der Waals surface area contributed by atoms with Gasteiger partial charge in [-0.2, -0.15) is 0 Å². The Balaban J connectivity index is 2.25. The molecule has 0 bridgehead atoms. The summed E-state index contributed by atoms with van der Waals surface area (Å²) in [6.07, 6.45) is 1.68. The van der Waals surface area contributed by atoms with E-state index in [9.17, 15) is 4.79 Å². The van der Waals surface area contributed by atoms with Gasteiger partial charge in [-0.15, -0.1) is 0 Å². The van der Waals surface area contributed by atoms with Crippen molar-refractivity contribution in [3.05, 3.63) is 41.3 Å². The molecule has 1 N–H and O–H groups in total. The summed E-state index contributed by atoms with van der Waals surface area (Å²) in [7, 11) is 0. The molecular weight excluding hydrogens is 250 g/mol. The van der Waals surface area contributed by atoms with Crippen LogP contribution < -0.4 is 0 Å². The second-order valence-electron chi connectivity index (χ2n) is 3.67. The van der Waals surface area contributed by atoms with Gasteiger partial charge >= 0.3 is 5.97 Å². The van der Waals surface area contributed by atoms with E-state index in [0.717, 1.165) is 5.69 Å². The van der Waals surface area contributed by atoms with Crippen LogP contribution in [-0.2, 0) is 0 Å². The minimum atomic E-state index is -0.969. The number of aromatic nitrogens is 3. The third kappa shape index (κ3) is 2.84. The molecule has 2 rings (SSSR count). The zero-order valence-electron chi connectivity index (χ0n) is 9.91. The van der Waals surface area contributed by atoms with Crippen molar-refractivity contribution >= 4 is 17.7 Å². The first-order valence-electron chi connectivity index (χ1n) is 5.24. The van der Waals surface area contributed by atoms with E-state index in [4.69, 9.17) is 5.11 Å². The molecule has 0 aliphatic carbocycles. The van der Waals surface area contributed by atoms with Gasteiger partial charge in [-0.25, -0.2) is 19.7 Å². The highest BCUT2D eigenvalue weighted by Crippen LogP contribution is 2.23. The monoisotopic (exact) mass is 261 g/mol. The molecule has 0 saturated heterocycles. The van der Waals surface area contributed by atoms with E-state index in [-0.39, 0.29) is 5.56 Å². The summed E-state index contributed by atoms with van der Waals surface area (Å²) in [5, 5.41) is 10.2. The van der Waals surface area contributed by atoms with Gasteiger partial charge in [-0.05, 0) is 43.8 Å². The smallest absolute Gasteiger partial charge is 0.337 e. The van der Waals surface area contributed by atoms with Crippen LogP contribution in [0.4, 0.5) is 0 Å². The molecule has 0 atom stereocenters. The summed E-state index contributed by atoms with van der Waals surface area (Å²) in [6, 6.07) is 5.02. The van der Waals surface area contributed by atoms with Gasteiger partial charge in [0.05, 0.1) is 11.3 Å². The number of carboxylic acid groups (broad SMARTS) is 1. The van der Waals surface area contributed by atoms with Gasteiger partial charge < -0.3 is 5.11 Å². The van der Waals surface area contributed by atoms with Crippen molar-refractivity contribution in [3.63, 3.8) is 0 Å². The summed E-state index contributed by atoms with van der Waals surface area (Å²) < 4.78 is 0. The van der Waals surface area contributed by atoms with E-state index < -0.39 is 5.97 Å². The van der Waals surface area contributed by atoms with Gasteiger partial charge in [-0.3, -0.25) is 0 Å². The number of nitrogens with zero attached hydrogens (tertiary/aromatic N) is 3. The molecule has 0 amide bonds. The number of carbonyl (C=O) groups is 1. The van der Waals surface area contributed by atoms with Gasteiger partial charge in [0.25, 0.3) is 0 Å². The second-order valence-corrected chi connectivity index (χ2v) is 4.66. The minimum Gasteiger partial charge on any atom is -0.478 e. The maximum atomic E-state index is 10.9. The Morgan fingerprint density at radius 2 is 2.00 bits per heavy atom. The first-order chi connectivity index (χ1) is 8.56. The van der Waals surface area contributed by atoms with Crippen LogP contribution in [0.1, 0.15) is 21.7 Å². The Bertz CT molecular complexity index is 602. The molecule has 2 aromatic rings. The molecule has 0 spiro atoms. The number of carboxylic acids is 1. The van der Waals surface area contributed by atoms with Crippen LogP contribution in [0.15, 0.2) is 34.6 Å². The number of aromatic carboxylic acids is 1. The fourth-order valence-corrected chi connectivity index (χ4v) is 2.20. The zero-order chi connectivity index (χ0) is 13.1. The predicted molar refractivity (Wildman–Crippen MR) is 66.8 cm³/mol. The van der Waals surface area contributed by atoms with Crippen LogP contribution in [0.25, 0.3) is 0 Å². The van der Waals surface area contributed by atoms with E-state index in [0.29, 0.717) is 15.9 Å². The first kappa shape index (κ1) is 12.5. The molecule has 0 radical (unpaired) electrons. The average molecular weight is 261 g/mol. The summed E-state index contributed by atoms with van der Waals surface area (Å²) in [4.78, 5) is 23.5. The van der Waals surface area contributed by atoms with Crippen molar-refractivity contribution in [2.45, 2.75) is 24.0 Å². The third-order valence-electron chi connectivity index (χ3n) is 2.26. The lowest BCUT2D eigenvalue weighted by atomic mass is 10.2.